The standard InChI is InChI=1S/C19H14F6N8O/c20-18(21,22)14-1-10(2-15(30-14)19(23,24)25)16-29-9-33(31-16)7-13(11-3-27-8-28-4-11)17(34)32-5-12(26)6-32/h1-4,7-9,12H,5-6,26H2/b13-7+. The SMILES string of the molecule is NC1CN(C(=O)/C(=C/n2cnc(-c3cc(C(F)(F)F)nc(C(F)(F)F)c3)n2)c2cncnc2)C1. The van der Waals surface area contributed by atoms with E-state index in [1.165, 1.54) is 29.8 Å². The van der Waals surface area contributed by atoms with Crippen LogP contribution in [0.1, 0.15) is 17.0 Å². The van der Waals surface area contributed by atoms with Crippen LogP contribution in [-0.4, -0.2) is 59.7 Å². The molecule has 1 fully saturated rings. The van der Waals surface area contributed by atoms with Crippen molar-refractivity contribution in [2.45, 2.75) is 18.4 Å². The van der Waals surface area contributed by atoms with Gasteiger partial charge in [0.25, 0.3) is 5.91 Å². The van der Waals surface area contributed by atoms with Gasteiger partial charge in [-0.1, -0.05) is 0 Å². The number of hydrogen-bond acceptors (Lipinski definition) is 7. The maximum atomic E-state index is 13.1. The topological polar surface area (TPSA) is 116 Å². The van der Waals surface area contributed by atoms with Crippen molar-refractivity contribution in [1.29, 1.82) is 0 Å². The summed E-state index contributed by atoms with van der Waals surface area (Å²) in [5.41, 5.74) is 2.08. The molecule has 0 aromatic carbocycles. The van der Waals surface area contributed by atoms with Crippen LogP contribution in [0.5, 0.6) is 0 Å². The molecule has 178 valence electrons. The van der Waals surface area contributed by atoms with Gasteiger partial charge in [-0.2, -0.15) is 26.3 Å². The minimum atomic E-state index is -5.12. The molecule has 0 bridgehead atoms. The molecule has 0 spiro atoms. The van der Waals surface area contributed by atoms with E-state index in [1.807, 2.05) is 0 Å². The summed E-state index contributed by atoms with van der Waals surface area (Å²) in [6.45, 7) is 0.619. The van der Waals surface area contributed by atoms with E-state index in [-0.39, 0.29) is 11.6 Å². The Bertz CT molecular complexity index is 1200. The number of pyridine rings is 1. The first-order valence-electron chi connectivity index (χ1n) is 9.52. The van der Waals surface area contributed by atoms with Gasteiger partial charge in [0.15, 0.2) is 5.82 Å². The summed E-state index contributed by atoms with van der Waals surface area (Å²) in [6, 6.07) is 0.654. The molecule has 4 rings (SSSR count). The normalized spacial score (nSPS) is 15.4. The zero-order valence-corrected chi connectivity index (χ0v) is 16.9. The molecular weight excluding hydrogens is 470 g/mol. The lowest BCUT2D eigenvalue weighted by Gasteiger charge is -2.37. The molecule has 0 aliphatic carbocycles. The summed E-state index contributed by atoms with van der Waals surface area (Å²) in [5, 5.41) is 3.92. The predicted octanol–water partition coefficient (Wildman–Crippen LogP) is 2.34. The van der Waals surface area contributed by atoms with Crippen molar-refractivity contribution in [2.24, 2.45) is 5.73 Å². The highest BCUT2D eigenvalue weighted by Crippen LogP contribution is 2.35. The van der Waals surface area contributed by atoms with Crippen molar-refractivity contribution in [1.82, 2.24) is 34.6 Å². The largest absolute Gasteiger partial charge is 0.433 e. The fourth-order valence-corrected chi connectivity index (χ4v) is 3.09. The number of nitrogens with two attached hydrogens (primary N) is 1. The number of carbonyl (C=O) groups excluding carboxylic acids is 1. The molecule has 3 aromatic rings. The summed E-state index contributed by atoms with van der Waals surface area (Å²) in [4.78, 5) is 28.5. The summed E-state index contributed by atoms with van der Waals surface area (Å²) in [6.07, 6.45) is -4.01. The third-order valence-electron chi connectivity index (χ3n) is 4.73. The van der Waals surface area contributed by atoms with Crippen LogP contribution in [0, 0.1) is 0 Å². The molecular formula is C19H14F6N8O. The number of alkyl halides is 6. The van der Waals surface area contributed by atoms with Gasteiger partial charge in [0.1, 0.15) is 24.0 Å². The molecule has 4 heterocycles. The molecule has 15 heteroatoms. The fraction of sp³-hybridized carbons (Fsp3) is 0.263. The number of nitrogens with zero attached hydrogens (tertiary/aromatic N) is 7. The second-order valence-electron chi connectivity index (χ2n) is 7.31. The van der Waals surface area contributed by atoms with Crippen LogP contribution >= 0.6 is 0 Å². The van der Waals surface area contributed by atoms with Crippen molar-refractivity contribution >= 4 is 17.7 Å². The van der Waals surface area contributed by atoms with Gasteiger partial charge < -0.3 is 10.6 Å². The van der Waals surface area contributed by atoms with E-state index in [2.05, 4.69) is 25.0 Å². The van der Waals surface area contributed by atoms with Gasteiger partial charge in [-0.25, -0.2) is 24.6 Å². The Hall–Kier alpha value is -3.88. The second kappa shape index (κ2) is 8.48. The zero-order chi connectivity index (χ0) is 24.7. The maximum absolute atomic E-state index is 13.1. The van der Waals surface area contributed by atoms with Gasteiger partial charge in [-0.05, 0) is 12.1 Å². The molecule has 0 saturated carbocycles. The van der Waals surface area contributed by atoms with Crippen LogP contribution in [0.25, 0.3) is 23.2 Å². The van der Waals surface area contributed by atoms with Gasteiger partial charge in [0, 0.05) is 48.9 Å². The van der Waals surface area contributed by atoms with Gasteiger partial charge in [0.2, 0.25) is 0 Å². The minimum absolute atomic E-state index is 0.0747. The highest BCUT2D eigenvalue weighted by molar-refractivity contribution is 6.23. The molecule has 1 aliphatic rings. The first-order valence-corrected chi connectivity index (χ1v) is 9.52. The maximum Gasteiger partial charge on any atom is 0.433 e. The molecule has 0 unspecified atom stereocenters. The van der Waals surface area contributed by atoms with E-state index in [0.29, 0.717) is 30.8 Å². The molecule has 9 nitrogen and oxygen atoms in total. The van der Waals surface area contributed by atoms with Crippen molar-refractivity contribution in [2.75, 3.05) is 13.1 Å². The van der Waals surface area contributed by atoms with Crippen LogP contribution in [0.3, 0.4) is 0 Å². The first kappa shape index (κ1) is 23.3. The quantitative estimate of drug-likeness (QED) is 0.447. The van der Waals surface area contributed by atoms with E-state index >= 15 is 0 Å². The van der Waals surface area contributed by atoms with Crippen LogP contribution in [-0.2, 0) is 17.1 Å². The third-order valence-corrected chi connectivity index (χ3v) is 4.73. The lowest BCUT2D eigenvalue weighted by molar-refractivity contribution is -0.150. The summed E-state index contributed by atoms with van der Waals surface area (Å²) in [5.74, 6) is -0.868. The Balaban J connectivity index is 1.74. The lowest BCUT2D eigenvalue weighted by Crippen LogP contribution is -2.58. The number of amides is 1. The van der Waals surface area contributed by atoms with Crippen LogP contribution in [0.15, 0.2) is 37.2 Å². The zero-order valence-electron chi connectivity index (χ0n) is 16.9. The van der Waals surface area contributed by atoms with Crippen molar-refractivity contribution < 1.29 is 31.1 Å². The van der Waals surface area contributed by atoms with Gasteiger partial charge in [-0.3, -0.25) is 4.79 Å². The van der Waals surface area contributed by atoms with Crippen molar-refractivity contribution in [3.63, 3.8) is 0 Å². The minimum Gasteiger partial charge on any atom is -0.335 e. The van der Waals surface area contributed by atoms with E-state index in [4.69, 9.17) is 5.73 Å². The monoisotopic (exact) mass is 484 g/mol. The van der Waals surface area contributed by atoms with Crippen molar-refractivity contribution in [3.05, 3.63) is 54.1 Å². The molecule has 1 saturated heterocycles. The lowest BCUT2D eigenvalue weighted by atomic mass is 10.0. The Morgan fingerprint density at radius 2 is 1.62 bits per heavy atom. The van der Waals surface area contributed by atoms with Crippen LogP contribution in [0.4, 0.5) is 26.3 Å². The predicted molar refractivity (Wildman–Crippen MR) is 104 cm³/mol. The average molecular weight is 484 g/mol. The number of hydrogen-bond donors (Lipinski definition) is 1. The highest BCUT2D eigenvalue weighted by Gasteiger charge is 2.39. The summed E-state index contributed by atoms with van der Waals surface area (Å²) >= 11 is 0. The molecule has 34 heavy (non-hydrogen) atoms. The van der Waals surface area contributed by atoms with Gasteiger partial charge in [0.05, 0.1) is 5.57 Å². The Labute approximate surface area is 187 Å². The summed E-state index contributed by atoms with van der Waals surface area (Å²) in [7, 11) is 0. The van der Waals surface area contributed by atoms with E-state index in [1.54, 1.807) is 0 Å². The van der Waals surface area contributed by atoms with E-state index < -0.39 is 41.0 Å². The number of carbonyl (C=O) groups is 1. The van der Waals surface area contributed by atoms with E-state index in [9.17, 15) is 31.1 Å². The molecule has 3 aromatic heterocycles. The first-order chi connectivity index (χ1) is 15.9. The van der Waals surface area contributed by atoms with Crippen molar-refractivity contribution in [3.8, 4) is 11.4 Å². The van der Waals surface area contributed by atoms with E-state index in [0.717, 1.165) is 11.0 Å². The second-order valence-corrected chi connectivity index (χ2v) is 7.31. The smallest absolute Gasteiger partial charge is 0.335 e. The number of aromatic nitrogens is 6. The number of rotatable bonds is 4. The molecule has 1 aliphatic heterocycles. The molecule has 1 amide bonds. The molecule has 0 radical (unpaired) electrons. The van der Waals surface area contributed by atoms with Gasteiger partial charge in [-0.15, -0.1) is 5.10 Å². The Morgan fingerprint density at radius 3 is 2.15 bits per heavy atom. The number of halogens is 6. The summed E-state index contributed by atoms with van der Waals surface area (Å²) < 4.78 is 79.6. The fourth-order valence-electron chi connectivity index (χ4n) is 3.09. The molecule has 0 atom stereocenters. The van der Waals surface area contributed by atoms with Crippen LogP contribution in [0.2, 0.25) is 0 Å². The Kier molecular flexibility index (Phi) is 5.80. The Morgan fingerprint density at radius 1 is 1.03 bits per heavy atom. The highest BCUT2D eigenvalue weighted by atomic mass is 19.4. The van der Waals surface area contributed by atoms with Crippen LogP contribution < -0.4 is 5.73 Å². The average Bonchev–Trinajstić information content (AvgIpc) is 3.23. The molecule has 2 N–H and O–H groups in total. The number of likely N-dealkylation sites (tertiary alicyclic amines) is 1. The van der Waals surface area contributed by atoms with Gasteiger partial charge >= 0.3 is 12.4 Å². The third kappa shape index (κ3) is 4.88.